The Morgan fingerprint density at radius 3 is 2.65 bits per heavy atom. The van der Waals surface area contributed by atoms with Gasteiger partial charge in [-0.15, -0.1) is 0 Å². The Kier molecular flexibility index (Phi) is 3.57. The molecular formula is C14H17NO2. The molecule has 0 aliphatic carbocycles. The topological polar surface area (TPSA) is 37.4 Å². The van der Waals surface area contributed by atoms with Crippen molar-refractivity contribution < 1.29 is 9.59 Å². The van der Waals surface area contributed by atoms with E-state index in [1.54, 1.807) is 0 Å². The number of benzene rings is 1. The van der Waals surface area contributed by atoms with Gasteiger partial charge in [0.05, 0.1) is 0 Å². The number of nitrogens with zero attached hydrogens (tertiary/aromatic N) is 1. The van der Waals surface area contributed by atoms with E-state index in [1.165, 1.54) is 4.90 Å². The number of imide groups is 1. The van der Waals surface area contributed by atoms with Crippen LogP contribution in [0.25, 0.3) is 0 Å². The quantitative estimate of drug-likeness (QED) is 0.800. The molecule has 1 aliphatic heterocycles. The van der Waals surface area contributed by atoms with Gasteiger partial charge in [0.15, 0.2) is 0 Å². The Hall–Kier alpha value is -1.64. The molecule has 0 bridgehead atoms. The van der Waals surface area contributed by atoms with Crippen molar-refractivity contribution in [2.45, 2.75) is 32.1 Å². The van der Waals surface area contributed by atoms with Crippen LogP contribution in [-0.2, 0) is 9.59 Å². The summed E-state index contributed by atoms with van der Waals surface area (Å²) in [6.07, 6.45) is 1.74. The van der Waals surface area contributed by atoms with Gasteiger partial charge < -0.3 is 0 Å². The fraction of sp³-hybridized carbons (Fsp3) is 0.429. The molecule has 17 heavy (non-hydrogen) atoms. The zero-order chi connectivity index (χ0) is 12.3. The normalized spacial score (nSPS) is 17.2. The first-order chi connectivity index (χ1) is 8.18. The molecule has 1 aromatic carbocycles. The van der Waals surface area contributed by atoms with Gasteiger partial charge in [-0.2, -0.15) is 0 Å². The zero-order valence-electron chi connectivity index (χ0n) is 10.1. The lowest BCUT2D eigenvalue weighted by Crippen LogP contribution is -2.32. The summed E-state index contributed by atoms with van der Waals surface area (Å²) in [7, 11) is 0. The average molecular weight is 231 g/mol. The molecule has 2 amide bonds. The molecule has 1 aromatic rings. The summed E-state index contributed by atoms with van der Waals surface area (Å²) in [5.41, 5.74) is 1.15. The smallest absolute Gasteiger partial charge is 0.229 e. The second-order valence-corrected chi connectivity index (χ2v) is 4.56. The van der Waals surface area contributed by atoms with Crippen molar-refractivity contribution >= 4 is 11.8 Å². The van der Waals surface area contributed by atoms with Crippen molar-refractivity contribution in [3.05, 3.63) is 35.9 Å². The van der Waals surface area contributed by atoms with E-state index >= 15 is 0 Å². The van der Waals surface area contributed by atoms with E-state index in [-0.39, 0.29) is 17.7 Å². The third-order valence-corrected chi connectivity index (χ3v) is 3.22. The highest BCUT2D eigenvalue weighted by Gasteiger charge is 2.27. The summed E-state index contributed by atoms with van der Waals surface area (Å²) < 4.78 is 0. The van der Waals surface area contributed by atoms with Crippen LogP contribution in [0.4, 0.5) is 0 Å². The Bertz CT molecular complexity index is 413. The predicted molar refractivity (Wildman–Crippen MR) is 65.4 cm³/mol. The van der Waals surface area contributed by atoms with Gasteiger partial charge in [0.25, 0.3) is 0 Å². The largest absolute Gasteiger partial charge is 0.283 e. The van der Waals surface area contributed by atoms with Crippen LogP contribution in [0.2, 0.25) is 0 Å². The lowest BCUT2D eigenvalue weighted by Gasteiger charge is -2.17. The van der Waals surface area contributed by atoms with Crippen LogP contribution < -0.4 is 0 Å². The minimum Gasteiger partial charge on any atom is -0.283 e. The average Bonchev–Trinajstić information content (AvgIpc) is 2.76. The van der Waals surface area contributed by atoms with Gasteiger partial charge in [-0.3, -0.25) is 14.5 Å². The van der Waals surface area contributed by atoms with E-state index in [4.69, 9.17) is 0 Å². The fourth-order valence-corrected chi connectivity index (χ4v) is 2.18. The van der Waals surface area contributed by atoms with Crippen molar-refractivity contribution in [3.8, 4) is 0 Å². The summed E-state index contributed by atoms with van der Waals surface area (Å²) in [6, 6.07) is 9.93. The zero-order valence-corrected chi connectivity index (χ0v) is 10.1. The number of rotatable bonds is 3. The molecule has 1 atom stereocenters. The third-order valence-electron chi connectivity index (χ3n) is 3.22. The Labute approximate surface area is 101 Å². The molecule has 0 spiro atoms. The summed E-state index contributed by atoms with van der Waals surface area (Å²) in [4.78, 5) is 24.8. The standard InChI is InChI=1S/C14H17NO2/c1-11(12-6-3-2-4-7-12)10-14(17)15-9-5-8-13(15)16/h2-4,6-7,11H,5,8-10H2,1H3. The molecule has 0 aromatic heterocycles. The van der Waals surface area contributed by atoms with Gasteiger partial charge in [-0.05, 0) is 17.9 Å². The van der Waals surface area contributed by atoms with Crippen molar-refractivity contribution in [1.82, 2.24) is 4.90 Å². The molecule has 1 fully saturated rings. The van der Waals surface area contributed by atoms with Crippen LogP contribution >= 0.6 is 0 Å². The van der Waals surface area contributed by atoms with Crippen LogP contribution in [0.5, 0.6) is 0 Å². The first-order valence-corrected chi connectivity index (χ1v) is 6.06. The van der Waals surface area contributed by atoms with Gasteiger partial charge in [0.1, 0.15) is 0 Å². The molecule has 0 N–H and O–H groups in total. The van der Waals surface area contributed by atoms with Crippen LogP contribution in [0.1, 0.15) is 37.7 Å². The molecule has 0 radical (unpaired) electrons. The van der Waals surface area contributed by atoms with Crippen molar-refractivity contribution in [2.24, 2.45) is 0 Å². The molecule has 2 rings (SSSR count). The highest BCUT2D eigenvalue weighted by molar-refractivity contribution is 5.96. The molecule has 1 heterocycles. The first kappa shape index (κ1) is 11.8. The highest BCUT2D eigenvalue weighted by Crippen LogP contribution is 2.21. The minimum absolute atomic E-state index is 0.0183. The maximum absolute atomic E-state index is 11.9. The number of hydrogen-bond acceptors (Lipinski definition) is 2. The second kappa shape index (κ2) is 5.13. The molecule has 90 valence electrons. The van der Waals surface area contributed by atoms with E-state index in [1.807, 2.05) is 37.3 Å². The van der Waals surface area contributed by atoms with Gasteiger partial charge in [-0.25, -0.2) is 0 Å². The number of amides is 2. The maximum Gasteiger partial charge on any atom is 0.229 e. The van der Waals surface area contributed by atoms with E-state index in [0.29, 0.717) is 19.4 Å². The van der Waals surface area contributed by atoms with Gasteiger partial charge in [0.2, 0.25) is 11.8 Å². The monoisotopic (exact) mass is 231 g/mol. The van der Waals surface area contributed by atoms with Gasteiger partial charge >= 0.3 is 0 Å². The van der Waals surface area contributed by atoms with E-state index < -0.39 is 0 Å². The Morgan fingerprint density at radius 1 is 1.35 bits per heavy atom. The van der Waals surface area contributed by atoms with Crippen LogP contribution in [-0.4, -0.2) is 23.3 Å². The highest BCUT2D eigenvalue weighted by atomic mass is 16.2. The summed E-state index contributed by atoms with van der Waals surface area (Å²) in [6.45, 7) is 2.62. The summed E-state index contributed by atoms with van der Waals surface area (Å²) >= 11 is 0. The van der Waals surface area contributed by atoms with Crippen LogP contribution in [0.15, 0.2) is 30.3 Å². The predicted octanol–water partition coefficient (Wildman–Crippen LogP) is 2.33. The van der Waals surface area contributed by atoms with Crippen LogP contribution in [0.3, 0.4) is 0 Å². The third kappa shape index (κ3) is 2.73. The molecule has 1 aliphatic rings. The molecule has 3 heteroatoms. The number of carbonyl (C=O) groups is 2. The van der Waals surface area contributed by atoms with Gasteiger partial charge in [-0.1, -0.05) is 37.3 Å². The number of likely N-dealkylation sites (tertiary alicyclic amines) is 1. The van der Waals surface area contributed by atoms with Crippen LogP contribution in [0, 0.1) is 0 Å². The fourth-order valence-electron chi connectivity index (χ4n) is 2.18. The molecular weight excluding hydrogens is 214 g/mol. The van der Waals surface area contributed by atoms with Crippen molar-refractivity contribution in [1.29, 1.82) is 0 Å². The molecule has 1 saturated heterocycles. The van der Waals surface area contributed by atoms with E-state index in [0.717, 1.165) is 12.0 Å². The van der Waals surface area contributed by atoms with Crippen molar-refractivity contribution in [2.75, 3.05) is 6.54 Å². The van der Waals surface area contributed by atoms with E-state index in [9.17, 15) is 9.59 Å². The molecule has 0 saturated carbocycles. The number of hydrogen-bond donors (Lipinski definition) is 0. The molecule has 3 nitrogen and oxygen atoms in total. The second-order valence-electron chi connectivity index (χ2n) is 4.56. The maximum atomic E-state index is 11.9. The summed E-state index contributed by atoms with van der Waals surface area (Å²) in [5, 5.41) is 0. The Balaban J connectivity index is 1.97. The van der Waals surface area contributed by atoms with Gasteiger partial charge in [0, 0.05) is 19.4 Å². The first-order valence-electron chi connectivity index (χ1n) is 6.06. The Morgan fingerprint density at radius 2 is 2.06 bits per heavy atom. The van der Waals surface area contributed by atoms with Crippen molar-refractivity contribution in [3.63, 3.8) is 0 Å². The lowest BCUT2D eigenvalue weighted by atomic mass is 9.97. The number of carbonyl (C=O) groups excluding carboxylic acids is 2. The van der Waals surface area contributed by atoms with E-state index in [2.05, 4.69) is 0 Å². The minimum atomic E-state index is -0.0381. The lowest BCUT2D eigenvalue weighted by molar-refractivity contribution is -0.141. The summed E-state index contributed by atoms with van der Waals surface area (Å²) in [5.74, 6) is 0.108. The SMILES string of the molecule is CC(CC(=O)N1CCCC1=O)c1ccccc1. The molecule has 1 unspecified atom stereocenters.